The van der Waals surface area contributed by atoms with Crippen LogP contribution in [0.4, 0.5) is 0 Å². The Hall–Kier alpha value is -3.90. The molecule has 0 bridgehead atoms. The lowest BCUT2D eigenvalue weighted by molar-refractivity contribution is 1.56. The van der Waals surface area contributed by atoms with Crippen molar-refractivity contribution < 1.29 is 0 Å². The van der Waals surface area contributed by atoms with E-state index in [4.69, 9.17) is 0 Å². The average molecular weight is 411 g/mol. The summed E-state index contributed by atoms with van der Waals surface area (Å²) in [4.78, 5) is 0. The summed E-state index contributed by atoms with van der Waals surface area (Å²) in [6.07, 6.45) is 6.49. The topological polar surface area (TPSA) is 0 Å². The fraction of sp³-hybridized carbons (Fsp3) is 0.0625. The highest BCUT2D eigenvalue weighted by Crippen LogP contribution is 2.37. The van der Waals surface area contributed by atoms with E-state index in [0.29, 0.717) is 0 Å². The molecule has 0 N–H and O–H groups in total. The first-order chi connectivity index (χ1) is 15.8. The van der Waals surface area contributed by atoms with Crippen LogP contribution in [0, 0.1) is 0 Å². The van der Waals surface area contributed by atoms with Gasteiger partial charge in [-0.2, -0.15) is 0 Å². The van der Waals surface area contributed by atoms with Crippen molar-refractivity contribution in [1.82, 2.24) is 0 Å². The van der Waals surface area contributed by atoms with Crippen LogP contribution in [0.3, 0.4) is 0 Å². The van der Waals surface area contributed by atoms with Crippen LogP contribution in [0.1, 0.15) is 19.4 Å². The Morgan fingerprint density at radius 3 is 1.56 bits per heavy atom. The first kappa shape index (κ1) is 20.0. The van der Waals surface area contributed by atoms with E-state index in [0.717, 1.165) is 0 Å². The Kier molecular flexibility index (Phi) is 5.44. The average Bonchev–Trinajstić information content (AvgIpc) is 2.86. The summed E-state index contributed by atoms with van der Waals surface area (Å²) in [5.41, 5.74) is 7.48. The standard InChI is InChI=1S/C32H26/c1-3-11-23(4-2)26-20-27(31-18-9-14-24-12-5-7-16-29(24)31)22-28(21-26)32-19-10-15-25-13-6-8-17-30(25)32/h3-22H,1-2H3. The van der Waals surface area contributed by atoms with E-state index in [1.807, 2.05) is 0 Å². The summed E-state index contributed by atoms with van der Waals surface area (Å²) in [5, 5.41) is 5.09. The molecule has 0 radical (unpaired) electrons. The van der Waals surface area contributed by atoms with Crippen LogP contribution in [0.2, 0.25) is 0 Å². The first-order valence-corrected chi connectivity index (χ1v) is 11.2. The number of fused-ring (bicyclic) bond motifs is 2. The summed E-state index contributed by atoms with van der Waals surface area (Å²) in [5.74, 6) is 0. The summed E-state index contributed by atoms with van der Waals surface area (Å²) < 4.78 is 0. The molecule has 154 valence electrons. The molecule has 0 aromatic heterocycles. The Bertz CT molecular complexity index is 1370. The molecule has 0 unspecified atom stereocenters. The molecule has 0 heterocycles. The molecule has 0 aliphatic rings. The molecule has 0 atom stereocenters. The fourth-order valence-corrected chi connectivity index (χ4v) is 4.60. The molecule has 0 amide bonds. The van der Waals surface area contributed by atoms with E-state index in [1.54, 1.807) is 0 Å². The second kappa shape index (κ2) is 8.69. The summed E-state index contributed by atoms with van der Waals surface area (Å²) in [6.45, 7) is 4.18. The van der Waals surface area contributed by atoms with E-state index in [1.165, 1.54) is 54.9 Å². The highest BCUT2D eigenvalue weighted by Gasteiger charge is 2.11. The van der Waals surface area contributed by atoms with Gasteiger partial charge >= 0.3 is 0 Å². The van der Waals surface area contributed by atoms with Crippen molar-refractivity contribution in [3.8, 4) is 22.3 Å². The van der Waals surface area contributed by atoms with Crippen LogP contribution >= 0.6 is 0 Å². The third kappa shape index (κ3) is 3.65. The predicted molar refractivity (Wildman–Crippen MR) is 141 cm³/mol. The summed E-state index contributed by atoms with van der Waals surface area (Å²) >= 11 is 0. The van der Waals surface area contributed by atoms with Crippen molar-refractivity contribution >= 4 is 27.1 Å². The molecule has 0 saturated carbocycles. The quantitative estimate of drug-likeness (QED) is 0.259. The number of hydrogen-bond donors (Lipinski definition) is 0. The largest absolute Gasteiger partial charge is 0.0871 e. The zero-order chi connectivity index (χ0) is 21.9. The van der Waals surface area contributed by atoms with E-state index in [9.17, 15) is 0 Å². The summed E-state index contributed by atoms with van der Waals surface area (Å²) in [7, 11) is 0. The van der Waals surface area contributed by atoms with Gasteiger partial charge in [0.1, 0.15) is 0 Å². The van der Waals surface area contributed by atoms with E-state index >= 15 is 0 Å². The Labute approximate surface area is 190 Å². The zero-order valence-corrected chi connectivity index (χ0v) is 18.5. The van der Waals surface area contributed by atoms with Crippen molar-refractivity contribution in [1.29, 1.82) is 0 Å². The lowest BCUT2D eigenvalue weighted by atomic mass is 9.89. The molecule has 0 heteroatoms. The molecule has 5 aromatic carbocycles. The smallest absolute Gasteiger partial charge is 0.0105 e. The lowest BCUT2D eigenvalue weighted by Gasteiger charge is -2.14. The molecule has 0 aliphatic heterocycles. The van der Waals surface area contributed by atoms with Crippen molar-refractivity contribution in [3.63, 3.8) is 0 Å². The monoisotopic (exact) mass is 410 g/mol. The number of benzene rings is 5. The minimum Gasteiger partial charge on any atom is -0.0871 e. The van der Waals surface area contributed by atoms with Gasteiger partial charge in [0.15, 0.2) is 0 Å². The molecular formula is C32H26. The maximum Gasteiger partial charge on any atom is -0.0105 e. The molecular weight excluding hydrogens is 384 g/mol. The van der Waals surface area contributed by atoms with E-state index in [2.05, 4.69) is 135 Å². The number of rotatable bonds is 4. The van der Waals surface area contributed by atoms with Gasteiger partial charge in [0, 0.05) is 0 Å². The third-order valence-electron chi connectivity index (χ3n) is 6.12. The van der Waals surface area contributed by atoms with Crippen molar-refractivity contribution in [3.05, 3.63) is 127 Å². The van der Waals surface area contributed by atoms with Gasteiger partial charge in [-0.3, -0.25) is 0 Å². The van der Waals surface area contributed by atoms with Crippen LogP contribution in [-0.4, -0.2) is 0 Å². The zero-order valence-electron chi connectivity index (χ0n) is 18.5. The third-order valence-corrected chi connectivity index (χ3v) is 6.12. The number of hydrogen-bond acceptors (Lipinski definition) is 0. The van der Waals surface area contributed by atoms with Gasteiger partial charge in [-0.15, -0.1) is 0 Å². The fourth-order valence-electron chi connectivity index (χ4n) is 4.60. The van der Waals surface area contributed by atoms with Crippen LogP contribution in [0.25, 0.3) is 49.4 Å². The second-order valence-corrected chi connectivity index (χ2v) is 8.10. The first-order valence-electron chi connectivity index (χ1n) is 11.2. The van der Waals surface area contributed by atoms with Gasteiger partial charge < -0.3 is 0 Å². The van der Waals surface area contributed by atoms with Crippen molar-refractivity contribution in [2.24, 2.45) is 0 Å². The molecule has 0 saturated heterocycles. The van der Waals surface area contributed by atoms with Crippen LogP contribution in [0.15, 0.2) is 121 Å². The molecule has 32 heavy (non-hydrogen) atoms. The molecule has 5 aromatic rings. The Balaban J connectivity index is 1.82. The SMILES string of the molecule is CC=CC(=CC)c1cc(-c2cccc3ccccc23)cc(-c2cccc3ccccc23)c1. The highest BCUT2D eigenvalue weighted by molar-refractivity contribution is 6.01. The Morgan fingerprint density at radius 1 is 0.562 bits per heavy atom. The lowest BCUT2D eigenvalue weighted by Crippen LogP contribution is -1.90. The normalized spacial score (nSPS) is 12.1. The Morgan fingerprint density at radius 2 is 1.06 bits per heavy atom. The minimum atomic E-state index is 1.23. The van der Waals surface area contributed by atoms with Crippen LogP contribution < -0.4 is 0 Å². The van der Waals surface area contributed by atoms with Crippen molar-refractivity contribution in [2.75, 3.05) is 0 Å². The molecule has 0 fully saturated rings. The predicted octanol–water partition coefficient (Wildman–Crippen LogP) is 9.31. The van der Waals surface area contributed by atoms with E-state index in [-0.39, 0.29) is 0 Å². The maximum atomic E-state index is 2.34. The minimum absolute atomic E-state index is 1.23. The summed E-state index contributed by atoms with van der Waals surface area (Å²) in [6, 6.07) is 37.4. The molecule has 0 spiro atoms. The molecule has 0 aliphatic carbocycles. The van der Waals surface area contributed by atoms with Gasteiger partial charge in [0.2, 0.25) is 0 Å². The van der Waals surface area contributed by atoms with E-state index < -0.39 is 0 Å². The van der Waals surface area contributed by atoms with Gasteiger partial charge in [0.25, 0.3) is 0 Å². The number of allylic oxidation sites excluding steroid dienone is 4. The van der Waals surface area contributed by atoms with Crippen LogP contribution in [-0.2, 0) is 0 Å². The molecule has 5 rings (SSSR count). The van der Waals surface area contributed by atoms with Crippen molar-refractivity contribution in [2.45, 2.75) is 13.8 Å². The van der Waals surface area contributed by atoms with Gasteiger partial charge in [-0.05, 0) is 87.0 Å². The van der Waals surface area contributed by atoms with Crippen LogP contribution in [0.5, 0.6) is 0 Å². The maximum absolute atomic E-state index is 2.34. The molecule has 0 nitrogen and oxygen atoms in total. The van der Waals surface area contributed by atoms with Gasteiger partial charge in [-0.1, -0.05) is 103 Å². The van der Waals surface area contributed by atoms with Gasteiger partial charge in [-0.25, -0.2) is 0 Å². The highest BCUT2D eigenvalue weighted by atomic mass is 14.1. The van der Waals surface area contributed by atoms with Gasteiger partial charge in [0.05, 0.1) is 0 Å². The second-order valence-electron chi connectivity index (χ2n) is 8.10.